The fourth-order valence-corrected chi connectivity index (χ4v) is 2.69. The van der Waals surface area contributed by atoms with Crippen molar-refractivity contribution in [3.05, 3.63) is 12.2 Å². The van der Waals surface area contributed by atoms with Crippen molar-refractivity contribution in [3.63, 3.8) is 0 Å². The normalized spacial score (nSPS) is 12.9. The fourth-order valence-electron chi connectivity index (χ4n) is 1.09. The Labute approximate surface area is 94.3 Å². The predicted octanol–water partition coefficient (Wildman–Crippen LogP) is 3.21. The fraction of sp³-hybridized carbons (Fsp3) is 0.818. The summed E-state index contributed by atoms with van der Waals surface area (Å²) in [6.45, 7) is 14.9. The van der Waals surface area contributed by atoms with E-state index in [0.29, 0.717) is 6.61 Å². The van der Waals surface area contributed by atoms with Crippen molar-refractivity contribution in [3.8, 4) is 0 Å². The van der Waals surface area contributed by atoms with Gasteiger partial charge in [0.1, 0.15) is 6.61 Å². The molecule has 15 heavy (non-hydrogen) atoms. The lowest BCUT2D eigenvalue weighted by atomic mass is 10.4. The minimum Gasteiger partial charge on any atom is -0.351 e. The average molecular weight is 232 g/mol. The Balaban J connectivity index is 3.74. The molecule has 0 N–H and O–H groups in total. The highest BCUT2D eigenvalue weighted by Crippen LogP contribution is 2.16. The molecule has 0 saturated carbocycles. The smallest absolute Gasteiger partial charge is 0.195 e. The summed E-state index contributed by atoms with van der Waals surface area (Å²) in [6, 6.07) is 1.06. The highest BCUT2D eigenvalue weighted by Gasteiger charge is 2.19. The first-order chi connectivity index (χ1) is 6.66. The summed E-state index contributed by atoms with van der Waals surface area (Å²) in [5, 5.41) is 0. The van der Waals surface area contributed by atoms with Gasteiger partial charge < -0.3 is 4.74 Å². The molecule has 0 saturated heterocycles. The van der Waals surface area contributed by atoms with Crippen LogP contribution in [-0.4, -0.2) is 27.6 Å². The van der Waals surface area contributed by atoms with Crippen LogP contribution < -0.4 is 0 Å². The number of hydrogen-bond acceptors (Lipinski definition) is 3. The number of rotatable bonds is 7. The quantitative estimate of drug-likeness (QED) is 0.222. The average Bonchev–Trinajstić information content (AvgIpc) is 2.00. The first-order valence-corrected chi connectivity index (χ1v) is 8.89. The maximum atomic E-state index is 5.10. The molecule has 0 aliphatic rings. The molecular formula is C11H24O3Si. The monoisotopic (exact) mass is 232 g/mol. The van der Waals surface area contributed by atoms with E-state index in [0.717, 1.165) is 11.6 Å². The van der Waals surface area contributed by atoms with E-state index in [2.05, 4.69) is 26.2 Å². The van der Waals surface area contributed by atoms with E-state index in [1.165, 1.54) is 0 Å². The van der Waals surface area contributed by atoms with Crippen LogP contribution in [0.4, 0.5) is 0 Å². The van der Waals surface area contributed by atoms with Gasteiger partial charge >= 0.3 is 0 Å². The molecule has 0 unspecified atom stereocenters. The van der Waals surface area contributed by atoms with Crippen LogP contribution in [0.1, 0.15) is 13.8 Å². The molecule has 0 aromatic rings. The zero-order valence-corrected chi connectivity index (χ0v) is 11.8. The van der Waals surface area contributed by atoms with Crippen LogP contribution >= 0.6 is 0 Å². The van der Waals surface area contributed by atoms with E-state index in [4.69, 9.17) is 14.5 Å². The first-order valence-electron chi connectivity index (χ1n) is 5.19. The van der Waals surface area contributed by atoms with Crippen molar-refractivity contribution in [2.75, 3.05) is 13.7 Å². The van der Waals surface area contributed by atoms with Gasteiger partial charge in [0.2, 0.25) is 0 Å². The van der Waals surface area contributed by atoms with Crippen LogP contribution in [0.3, 0.4) is 0 Å². The Bertz CT molecular complexity index is 206. The lowest BCUT2D eigenvalue weighted by Crippen LogP contribution is -2.27. The van der Waals surface area contributed by atoms with Gasteiger partial charge in [0, 0.05) is 15.2 Å². The van der Waals surface area contributed by atoms with Crippen LogP contribution in [0.15, 0.2) is 12.2 Å². The summed E-state index contributed by atoms with van der Waals surface area (Å²) in [5.74, 6) is -0.695. The minimum absolute atomic E-state index is 0.442. The lowest BCUT2D eigenvalue weighted by Gasteiger charge is -2.22. The van der Waals surface area contributed by atoms with Crippen LogP contribution in [0, 0.1) is 0 Å². The van der Waals surface area contributed by atoms with Crippen molar-refractivity contribution >= 4 is 8.07 Å². The van der Waals surface area contributed by atoms with E-state index in [1.54, 1.807) is 21.0 Å². The molecule has 90 valence electrons. The first kappa shape index (κ1) is 14.8. The van der Waals surface area contributed by atoms with E-state index in [9.17, 15) is 0 Å². The molecule has 0 fully saturated rings. The summed E-state index contributed by atoms with van der Waals surface area (Å²) in [7, 11) is 0.493. The van der Waals surface area contributed by atoms with E-state index < -0.39 is 13.9 Å². The highest BCUT2D eigenvalue weighted by molar-refractivity contribution is 6.76. The van der Waals surface area contributed by atoms with E-state index >= 15 is 0 Å². The van der Waals surface area contributed by atoms with Crippen LogP contribution in [0.2, 0.25) is 25.7 Å². The zero-order chi connectivity index (χ0) is 12.1. The predicted molar refractivity (Wildman–Crippen MR) is 65.4 cm³/mol. The van der Waals surface area contributed by atoms with Gasteiger partial charge in [0.25, 0.3) is 0 Å². The highest BCUT2D eigenvalue weighted by atomic mass is 28.3. The van der Waals surface area contributed by atoms with Crippen molar-refractivity contribution in [2.45, 2.75) is 45.3 Å². The van der Waals surface area contributed by atoms with Gasteiger partial charge in [0.15, 0.2) is 5.79 Å². The van der Waals surface area contributed by atoms with Gasteiger partial charge in [-0.25, -0.2) is 9.78 Å². The Hall–Kier alpha value is -0.163. The SMILES string of the molecule is C=C(COOC(C)(C)OC)C[Si](C)(C)C. The second-order valence-electron chi connectivity index (χ2n) is 5.44. The van der Waals surface area contributed by atoms with Gasteiger partial charge in [-0.3, -0.25) is 0 Å². The summed E-state index contributed by atoms with van der Waals surface area (Å²) < 4.78 is 5.05. The molecule has 0 aromatic carbocycles. The van der Waals surface area contributed by atoms with Gasteiger partial charge in [-0.2, -0.15) is 0 Å². The zero-order valence-electron chi connectivity index (χ0n) is 10.8. The molecule has 0 rings (SSSR count). The molecule has 0 aliphatic carbocycles. The van der Waals surface area contributed by atoms with Crippen molar-refractivity contribution in [1.82, 2.24) is 0 Å². The van der Waals surface area contributed by atoms with Crippen molar-refractivity contribution < 1.29 is 14.5 Å². The molecule has 0 amide bonds. The van der Waals surface area contributed by atoms with Crippen molar-refractivity contribution in [1.29, 1.82) is 0 Å². The van der Waals surface area contributed by atoms with Gasteiger partial charge in [-0.05, 0) is 19.9 Å². The summed E-state index contributed by atoms with van der Waals surface area (Å²) >= 11 is 0. The molecule has 0 atom stereocenters. The molecule has 0 bridgehead atoms. The Morgan fingerprint density at radius 2 is 1.80 bits per heavy atom. The maximum absolute atomic E-state index is 5.10. The largest absolute Gasteiger partial charge is 0.351 e. The van der Waals surface area contributed by atoms with Crippen LogP contribution in [-0.2, 0) is 14.5 Å². The van der Waals surface area contributed by atoms with Gasteiger partial charge in [-0.1, -0.05) is 31.8 Å². The summed E-state index contributed by atoms with van der Waals surface area (Å²) in [6.07, 6.45) is 0. The third-order valence-electron chi connectivity index (χ3n) is 1.79. The Morgan fingerprint density at radius 3 is 2.20 bits per heavy atom. The molecule has 4 heteroatoms. The topological polar surface area (TPSA) is 27.7 Å². The Kier molecular flexibility index (Phi) is 5.73. The van der Waals surface area contributed by atoms with E-state index in [1.807, 2.05) is 0 Å². The Morgan fingerprint density at radius 1 is 1.27 bits per heavy atom. The van der Waals surface area contributed by atoms with Crippen LogP contribution in [0.5, 0.6) is 0 Å². The summed E-state index contributed by atoms with van der Waals surface area (Å²) in [4.78, 5) is 10.2. The number of methoxy groups -OCH3 is 1. The standard InChI is InChI=1S/C11H24O3Si/c1-10(9-15(5,6)7)8-13-14-11(2,3)12-4/h1,8-9H2,2-7H3. The molecule has 3 nitrogen and oxygen atoms in total. The molecule has 0 radical (unpaired) electrons. The third-order valence-corrected chi connectivity index (χ3v) is 3.36. The minimum atomic E-state index is -1.09. The van der Waals surface area contributed by atoms with E-state index in [-0.39, 0.29) is 0 Å². The molecule has 0 heterocycles. The lowest BCUT2D eigenvalue weighted by molar-refractivity contribution is -0.409. The third kappa shape index (κ3) is 8.81. The number of ether oxygens (including phenoxy) is 1. The molecular weight excluding hydrogens is 208 g/mol. The second kappa shape index (κ2) is 5.79. The maximum Gasteiger partial charge on any atom is 0.195 e. The second-order valence-corrected chi connectivity index (χ2v) is 10.9. The molecule has 0 aromatic heterocycles. The summed E-state index contributed by atoms with van der Waals surface area (Å²) in [5.41, 5.74) is 1.08. The van der Waals surface area contributed by atoms with Crippen LogP contribution in [0.25, 0.3) is 0 Å². The molecule has 0 spiro atoms. The number of hydrogen-bond donors (Lipinski definition) is 0. The molecule has 0 aliphatic heterocycles. The van der Waals surface area contributed by atoms with Gasteiger partial charge in [-0.15, -0.1) is 0 Å². The van der Waals surface area contributed by atoms with Gasteiger partial charge in [0.05, 0.1) is 0 Å². The van der Waals surface area contributed by atoms with Crippen molar-refractivity contribution in [2.24, 2.45) is 0 Å².